The van der Waals surface area contributed by atoms with Crippen molar-refractivity contribution in [1.82, 2.24) is 15.3 Å². The Balaban J connectivity index is 2.02. The number of aromatic nitrogens is 2. The van der Waals surface area contributed by atoms with Crippen LogP contribution in [0.5, 0.6) is 0 Å². The summed E-state index contributed by atoms with van der Waals surface area (Å²) < 4.78 is 0. The predicted octanol–water partition coefficient (Wildman–Crippen LogP) is 3.39. The van der Waals surface area contributed by atoms with Crippen LogP contribution < -0.4 is 5.32 Å². The van der Waals surface area contributed by atoms with E-state index in [-0.39, 0.29) is 0 Å². The number of fused-ring (bicyclic) bond motifs is 1. The molecule has 3 rings (SSSR count). The first-order chi connectivity index (χ1) is 9.28. The van der Waals surface area contributed by atoms with Crippen molar-refractivity contribution in [1.29, 1.82) is 0 Å². The van der Waals surface area contributed by atoms with E-state index in [9.17, 15) is 0 Å². The molecule has 0 spiro atoms. The Morgan fingerprint density at radius 1 is 1.37 bits per heavy atom. The van der Waals surface area contributed by atoms with Crippen molar-refractivity contribution in [3.05, 3.63) is 46.7 Å². The van der Waals surface area contributed by atoms with Gasteiger partial charge in [0, 0.05) is 34.1 Å². The molecule has 0 saturated carbocycles. The summed E-state index contributed by atoms with van der Waals surface area (Å²) in [5.74, 6) is 0.762. The SMILES string of the molecule is CNC1CCCc2nc(-c3cccc(Cl)c3)ncc21. The molecule has 2 aromatic rings. The second-order valence-electron chi connectivity index (χ2n) is 4.84. The van der Waals surface area contributed by atoms with E-state index in [1.54, 1.807) is 0 Å². The summed E-state index contributed by atoms with van der Waals surface area (Å²) in [4.78, 5) is 9.20. The van der Waals surface area contributed by atoms with Gasteiger partial charge in [-0.05, 0) is 38.4 Å². The van der Waals surface area contributed by atoms with Gasteiger partial charge in [0.05, 0.1) is 0 Å². The summed E-state index contributed by atoms with van der Waals surface area (Å²) in [5.41, 5.74) is 3.37. The molecular formula is C15H16ClN3. The van der Waals surface area contributed by atoms with Crippen LogP contribution in [0.4, 0.5) is 0 Å². The van der Waals surface area contributed by atoms with Crippen LogP contribution in [0.2, 0.25) is 5.02 Å². The monoisotopic (exact) mass is 273 g/mol. The Bertz CT molecular complexity index is 598. The van der Waals surface area contributed by atoms with E-state index < -0.39 is 0 Å². The number of hydrogen-bond acceptors (Lipinski definition) is 3. The van der Waals surface area contributed by atoms with Crippen molar-refractivity contribution in [2.75, 3.05) is 7.05 Å². The van der Waals surface area contributed by atoms with Crippen LogP contribution in [0.25, 0.3) is 11.4 Å². The van der Waals surface area contributed by atoms with E-state index in [1.165, 1.54) is 12.0 Å². The highest BCUT2D eigenvalue weighted by Gasteiger charge is 2.20. The lowest BCUT2D eigenvalue weighted by molar-refractivity contribution is 0.488. The van der Waals surface area contributed by atoms with Crippen LogP contribution in [-0.2, 0) is 6.42 Å². The van der Waals surface area contributed by atoms with Gasteiger partial charge in [-0.1, -0.05) is 23.7 Å². The van der Waals surface area contributed by atoms with Crippen molar-refractivity contribution in [3.63, 3.8) is 0 Å². The van der Waals surface area contributed by atoms with E-state index in [0.717, 1.165) is 29.9 Å². The third-order valence-corrected chi connectivity index (χ3v) is 3.85. The number of hydrogen-bond donors (Lipinski definition) is 1. The first kappa shape index (κ1) is 12.6. The van der Waals surface area contributed by atoms with Crippen molar-refractivity contribution in [2.24, 2.45) is 0 Å². The summed E-state index contributed by atoms with van der Waals surface area (Å²) >= 11 is 6.02. The molecule has 0 aliphatic heterocycles. The van der Waals surface area contributed by atoms with Gasteiger partial charge in [-0.25, -0.2) is 9.97 Å². The average Bonchev–Trinajstić information content (AvgIpc) is 2.46. The van der Waals surface area contributed by atoms with Crippen LogP contribution in [0.3, 0.4) is 0 Å². The van der Waals surface area contributed by atoms with Crippen LogP contribution in [-0.4, -0.2) is 17.0 Å². The number of nitrogens with one attached hydrogen (secondary N) is 1. The molecule has 1 unspecified atom stereocenters. The molecule has 3 nitrogen and oxygen atoms in total. The minimum absolute atomic E-state index is 0.386. The molecule has 0 saturated heterocycles. The molecule has 1 heterocycles. The second-order valence-corrected chi connectivity index (χ2v) is 5.28. The van der Waals surface area contributed by atoms with Gasteiger partial charge in [-0.2, -0.15) is 0 Å². The highest BCUT2D eigenvalue weighted by molar-refractivity contribution is 6.30. The lowest BCUT2D eigenvalue weighted by Crippen LogP contribution is -2.22. The largest absolute Gasteiger partial charge is 0.313 e. The molecule has 1 aliphatic rings. The minimum atomic E-state index is 0.386. The van der Waals surface area contributed by atoms with Crippen LogP contribution >= 0.6 is 11.6 Å². The fourth-order valence-electron chi connectivity index (χ4n) is 2.61. The first-order valence-corrected chi connectivity index (χ1v) is 6.95. The molecule has 19 heavy (non-hydrogen) atoms. The maximum absolute atomic E-state index is 6.02. The zero-order valence-corrected chi connectivity index (χ0v) is 11.6. The molecule has 0 fully saturated rings. The highest BCUT2D eigenvalue weighted by Crippen LogP contribution is 2.29. The zero-order valence-electron chi connectivity index (χ0n) is 10.9. The van der Waals surface area contributed by atoms with E-state index in [4.69, 9.17) is 16.6 Å². The lowest BCUT2D eigenvalue weighted by Gasteiger charge is -2.24. The summed E-state index contributed by atoms with van der Waals surface area (Å²) in [7, 11) is 1.99. The van der Waals surface area contributed by atoms with Gasteiger partial charge < -0.3 is 5.32 Å². The Kier molecular flexibility index (Phi) is 3.49. The molecule has 1 aromatic carbocycles. The molecule has 1 N–H and O–H groups in total. The van der Waals surface area contributed by atoms with Crippen molar-refractivity contribution in [2.45, 2.75) is 25.3 Å². The molecule has 1 aromatic heterocycles. The molecular weight excluding hydrogens is 258 g/mol. The van der Waals surface area contributed by atoms with Crippen LogP contribution in [0.1, 0.15) is 30.1 Å². The third kappa shape index (κ3) is 2.48. The first-order valence-electron chi connectivity index (χ1n) is 6.57. The normalized spacial score (nSPS) is 18.1. The van der Waals surface area contributed by atoms with E-state index in [0.29, 0.717) is 11.1 Å². The molecule has 1 aliphatic carbocycles. The second kappa shape index (κ2) is 5.27. The summed E-state index contributed by atoms with van der Waals surface area (Å²) in [5, 5.41) is 4.04. The van der Waals surface area contributed by atoms with Gasteiger partial charge in [0.15, 0.2) is 5.82 Å². The van der Waals surface area contributed by atoms with Crippen molar-refractivity contribution < 1.29 is 0 Å². The minimum Gasteiger partial charge on any atom is -0.313 e. The van der Waals surface area contributed by atoms with Crippen molar-refractivity contribution in [3.8, 4) is 11.4 Å². The summed E-state index contributed by atoms with van der Waals surface area (Å²) in [6.07, 6.45) is 5.32. The van der Waals surface area contributed by atoms with Crippen molar-refractivity contribution >= 4 is 11.6 Å². The van der Waals surface area contributed by atoms with E-state index >= 15 is 0 Å². The van der Waals surface area contributed by atoms with E-state index in [2.05, 4.69) is 10.3 Å². The molecule has 0 bridgehead atoms. The third-order valence-electron chi connectivity index (χ3n) is 3.61. The number of nitrogens with zero attached hydrogens (tertiary/aromatic N) is 2. The van der Waals surface area contributed by atoms with Gasteiger partial charge >= 0.3 is 0 Å². The lowest BCUT2D eigenvalue weighted by atomic mass is 9.92. The highest BCUT2D eigenvalue weighted by atomic mass is 35.5. The van der Waals surface area contributed by atoms with Gasteiger partial charge in [0.25, 0.3) is 0 Å². The molecule has 98 valence electrons. The van der Waals surface area contributed by atoms with Crippen LogP contribution in [0, 0.1) is 0 Å². The summed E-state index contributed by atoms with van der Waals surface area (Å²) in [6, 6.07) is 8.07. The summed E-state index contributed by atoms with van der Waals surface area (Å²) in [6.45, 7) is 0. The topological polar surface area (TPSA) is 37.8 Å². The predicted molar refractivity (Wildman–Crippen MR) is 77.2 cm³/mol. The molecule has 0 radical (unpaired) electrons. The fourth-order valence-corrected chi connectivity index (χ4v) is 2.80. The van der Waals surface area contributed by atoms with Gasteiger partial charge in [-0.15, -0.1) is 0 Å². The number of aryl methyl sites for hydroxylation is 1. The maximum Gasteiger partial charge on any atom is 0.159 e. The van der Waals surface area contributed by atoms with Gasteiger partial charge in [0.1, 0.15) is 0 Å². The number of rotatable bonds is 2. The van der Waals surface area contributed by atoms with Gasteiger partial charge in [-0.3, -0.25) is 0 Å². The number of halogens is 1. The van der Waals surface area contributed by atoms with Gasteiger partial charge in [0.2, 0.25) is 0 Å². The molecule has 4 heteroatoms. The maximum atomic E-state index is 6.02. The average molecular weight is 274 g/mol. The Hall–Kier alpha value is -1.45. The Morgan fingerprint density at radius 2 is 2.26 bits per heavy atom. The smallest absolute Gasteiger partial charge is 0.159 e. The van der Waals surface area contributed by atoms with E-state index in [1.807, 2.05) is 37.5 Å². The quantitative estimate of drug-likeness (QED) is 0.911. The standard InChI is InChI=1S/C15H16ClN3/c1-17-13-6-3-7-14-12(13)9-18-15(19-14)10-4-2-5-11(16)8-10/h2,4-5,8-9,13,17H,3,6-7H2,1H3. The van der Waals surface area contributed by atoms with Crippen LogP contribution in [0.15, 0.2) is 30.5 Å². The molecule has 0 amide bonds. The fraction of sp³-hybridized carbons (Fsp3) is 0.333. The number of benzene rings is 1. The zero-order chi connectivity index (χ0) is 13.2. The Labute approximate surface area is 118 Å². The molecule has 1 atom stereocenters. The Morgan fingerprint density at radius 3 is 3.05 bits per heavy atom.